The molecule has 0 unspecified atom stereocenters. The Bertz CT molecular complexity index is 949. The summed E-state index contributed by atoms with van der Waals surface area (Å²) in [6.45, 7) is 2.37. The minimum absolute atomic E-state index is 0. The summed E-state index contributed by atoms with van der Waals surface area (Å²) < 4.78 is 17.1. The summed E-state index contributed by atoms with van der Waals surface area (Å²) in [5.41, 5.74) is 1.99. The van der Waals surface area contributed by atoms with E-state index in [4.69, 9.17) is 14.2 Å². The highest BCUT2D eigenvalue weighted by Gasteiger charge is 2.14. The first kappa shape index (κ1) is 21.1. The van der Waals surface area contributed by atoms with Crippen molar-refractivity contribution in [1.82, 2.24) is 4.98 Å². The van der Waals surface area contributed by atoms with Crippen molar-refractivity contribution in [1.29, 1.82) is 0 Å². The number of fused-ring (bicyclic) bond motifs is 1. The zero-order chi connectivity index (χ0) is 18.7. The lowest BCUT2D eigenvalue weighted by molar-refractivity contribution is 0.320. The lowest BCUT2D eigenvalue weighted by atomic mass is 10.00. The predicted octanol–water partition coefficient (Wildman–Crippen LogP) is 5.13. The van der Waals surface area contributed by atoms with Gasteiger partial charge in [0, 0.05) is 30.3 Å². The lowest BCUT2D eigenvalue weighted by Gasteiger charge is -2.14. The van der Waals surface area contributed by atoms with Crippen LogP contribution >= 0.6 is 28.3 Å². The lowest BCUT2D eigenvalue weighted by Crippen LogP contribution is -1.98. The summed E-state index contributed by atoms with van der Waals surface area (Å²) in [4.78, 5) is 4.29. The third-order valence-electron chi connectivity index (χ3n) is 4.18. The highest BCUT2D eigenvalue weighted by atomic mass is 79.9. The maximum absolute atomic E-state index is 10.5. The first-order valence-corrected chi connectivity index (χ1v) is 9.00. The molecule has 0 aliphatic carbocycles. The molecule has 1 aromatic heterocycles. The Balaban J connectivity index is 0.00000261. The molecule has 7 heteroatoms. The maximum atomic E-state index is 10.5. The van der Waals surface area contributed by atoms with Gasteiger partial charge in [-0.2, -0.15) is 0 Å². The molecule has 0 aliphatic rings. The van der Waals surface area contributed by atoms with E-state index in [0.717, 1.165) is 26.7 Å². The van der Waals surface area contributed by atoms with Gasteiger partial charge in [0.05, 0.1) is 25.3 Å². The molecule has 0 radical (unpaired) electrons. The van der Waals surface area contributed by atoms with Crippen LogP contribution in [0.15, 0.2) is 41.1 Å². The van der Waals surface area contributed by atoms with Crippen molar-refractivity contribution in [3.63, 3.8) is 0 Å². The van der Waals surface area contributed by atoms with Crippen LogP contribution in [-0.4, -0.2) is 30.9 Å². The van der Waals surface area contributed by atoms with Crippen molar-refractivity contribution in [2.24, 2.45) is 0 Å². The van der Waals surface area contributed by atoms with Crippen LogP contribution < -0.4 is 14.2 Å². The van der Waals surface area contributed by atoms with Crippen LogP contribution in [0.2, 0.25) is 0 Å². The molecule has 3 rings (SSSR count). The number of methoxy groups -OCH3 is 2. The fourth-order valence-electron chi connectivity index (χ4n) is 2.91. The highest BCUT2D eigenvalue weighted by Crippen LogP contribution is 2.38. The monoisotopic (exact) mass is 453 g/mol. The minimum Gasteiger partial charge on any atom is -0.504 e. The average Bonchev–Trinajstić information content (AvgIpc) is 2.66. The molecule has 0 atom stereocenters. The van der Waals surface area contributed by atoms with Gasteiger partial charge in [-0.05, 0) is 51.5 Å². The van der Waals surface area contributed by atoms with Gasteiger partial charge in [-0.25, -0.2) is 0 Å². The number of rotatable bonds is 6. The molecule has 0 aliphatic heterocycles. The Morgan fingerprint density at radius 3 is 2.44 bits per heavy atom. The second-order valence-corrected chi connectivity index (χ2v) is 6.51. The van der Waals surface area contributed by atoms with Crippen LogP contribution in [0.3, 0.4) is 0 Å². The van der Waals surface area contributed by atoms with E-state index in [1.807, 2.05) is 25.1 Å². The van der Waals surface area contributed by atoms with Gasteiger partial charge in [0.15, 0.2) is 11.5 Å². The molecular weight excluding hydrogens is 434 g/mol. The van der Waals surface area contributed by atoms with E-state index in [1.165, 1.54) is 0 Å². The van der Waals surface area contributed by atoms with Gasteiger partial charge in [-0.15, -0.1) is 12.4 Å². The molecule has 27 heavy (non-hydrogen) atoms. The first-order valence-electron chi connectivity index (χ1n) is 8.20. The SMILES string of the molecule is CCOc1ccc2c(Cc3cc(OC)cc(OC)c3Br)cncc2c1O.Cl. The van der Waals surface area contributed by atoms with Crippen LogP contribution in [0, 0.1) is 0 Å². The second-order valence-electron chi connectivity index (χ2n) is 5.72. The number of nitrogens with zero attached hydrogens (tertiary/aromatic N) is 1. The van der Waals surface area contributed by atoms with Crippen LogP contribution in [-0.2, 0) is 6.42 Å². The largest absolute Gasteiger partial charge is 0.504 e. The molecule has 0 fully saturated rings. The third-order valence-corrected chi connectivity index (χ3v) is 5.08. The van der Waals surface area contributed by atoms with E-state index in [9.17, 15) is 5.11 Å². The van der Waals surface area contributed by atoms with E-state index in [0.29, 0.717) is 29.9 Å². The molecule has 0 saturated carbocycles. The molecule has 5 nitrogen and oxygen atoms in total. The Morgan fingerprint density at radius 2 is 1.78 bits per heavy atom. The number of phenols is 1. The van der Waals surface area contributed by atoms with E-state index >= 15 is 0 Å². The molecule has 2 aromatic carbocycles. The second kappa shape index (κ2) is 9.15. The molecule has 3 aromatic rings. The number of aromatic nitrogens is 1. The summed E-state index contributed by atoms with van der Waals surface area (Å²) in [6, 6.07) is 7.52. The zero-order valence-electron chi connectivity index (χ0n) is 15.3. The van der Waals surface area contributed by atoms with Gasteiger partial charge in [-0.3, -0.25) is 4.98 Å². The standard InChI is InChI=1S/C20H20BrNO4.ClH/c1-4-26-17-6-5-15-13(10-22-11-16(15)20(17)23)7-12-8-14(24-2)9-18(25-3)19(12)21;/h5-6,8-11,23H,4,7H2,1-3H3;1H. The number of ether oxygens (including phenoxy) is 3. The van der Waals surface area contributed by atoms with Gasteiger partial charge in [0.1, 0.15) is 11.5 Å². The molecule has 0 saturated heterocycles. The number of phenolic OH excluding ortho intramolecular Hbond substituents is 1. The van der Waals surface area contributed by atoms with Gasteiger partial charge in [0.25, 0.3) is 0 Å². The van der Waals surface area contributed by atoms with Crippen molar-refractivity contribution in [2.45, 2.75) is 13.3 Å². The molecule has 144 valence electrons. The molecule has 1 heterocycles. The normalized spacial score (nSPS) is 10.4. The summed E-state index contributed by atoms with van der Waals surface area (Å²) in [5.74, 6) is 1.99. The number of hydrogen-bond donors (Lipinski definition) is 1. The Hall–Kier alpha value is -2.18. The summed E-state index contributed by atoms with van der Waals surface area (Å²) in [5, 5.41) is 12.1. The number of pyridine rings is 1. The van der Waals surface area contributed by atoms with Crippen molar-refractivity contribution >= 4 is 39.1 Å². The fourth-order valence-corrected chi connectivity index (χ4v) is 3.44. The van der Waals surface area contributed by atoms with Gasteiger partial charge < -0.3 is 19.3 Å². The van der Waals surface area contributed by atoms with E-state index in [1.54, 1.807) is 32.7 Å². The Morgan fingerprint density at radius 1 is 1.00 bits per heavy atom. The van der Waals surface area contributed by atoms with Gasteiger partial charge in [-0.1, -0.05) is 6.07 Å². The van der Waals surface area contributed by atoms with Crippen LogP contribution in [0.1, 0.15) is 18.1 Å². The summed E-state index contributed by atoms with van der Waals surface area (Å²) in [6.07, 6.45) is 4.06. The topological polar surface area (TPSA) is 60.8 Å². The van der Waals surface area contributed by atoms with Crippen molar-refractivity contribution in [3.8, 4) is 23.0 Å². The summed E-state index contributed by atoms with van der Waals surface area (Å²) >= 11 is 3.60. The Labute approximate surface area is 172 Å². The van der Waals surface area contributed by atoms with Crippen LogP contribution in [0.25, 0.3) is 10.8 Å². The number of benzene rings is 2. The molecule has 1 N–H and O–H groups in total. The minimum atomic E-state index is 0. The molecule has 0 spiro atoms. The van der Waals surface area contributed by atoms with Crippen LogP contribution in [0.5, 0.6) is 23.0 Å². The highest BCUT2D eigenvalue weighted by molar-refractivity contribution is 9.10. The van der Waals surface area contributed by atoms with Gasteiger partial charge in [0.2, 0.25) is 0 Å². The predicted molar refractivity (Wildman–Crippen MR) is 112 cm³/mol. The third kappa shape index (κ3) is 4.22. The molecular formula is C20H21BrClNO4. The molecule has 0 amide bonds. The first-order chi connectivity index (χ1) is 12.6. The smallest absolute Gasteiger partial charge is 0.167 e. The number of aromatic hydroxyl groups is 1. The van der Waals surface area contributed by atoms with Crippen molar-refractivity contribution < 1.29 is 19.3 Å². The van der Waals surface area contributed by atoms with Crippen molar-refractivity contribution in [2.75, 3.05) is 20.8 Å². The van der Waals surface area contributed by atoms with Crippen LogP contribution in [0.4, 0.5) is 0 Å². The number of halogens is 2. The zero-order valence-corrected chi connectivity index (χ0v) is 17.7. The quantitative estimate of drug-likeness (QED) is 0.559. The average molecular weight is 455 g/mol. The fraction of sp³-hybridized carbons (Fsp3) is 0.250. The van der Waals surface area contributed by atoms with E-state index in [-0.39, 0.29) is 18.2 Å². The maximum Gasteiger partial charge on any atom is 0.167 e. The summed E-state index contributed by atoms with van der Waals surface area (Å²) in [7, 11) is 3.25. The Kier molecular flexibility index (Phi) is 7.16. The van der Waals surface area contributed by atoms with Crippen molar-refractivity contribution in [3.05, 3.63) is 52.3 Å². The van der Waals surface area contributed by atoms with E-state index in [2.05, 4.69) is 20.9 Å². The van der Waals surface area contributed by atoms with Gasteiger partial charge >= 0.3 is 0 Å². The van der Waals surface area contributed by atoms with E-state index < -0.39 is 0 Å². The number of hydrogen-bond acceptors (Lipinski definition) is 5. The molecule has 0 bridgehead atoms.